The number of nitrogens with two attached hydrogens (primary N) is 1. The molecule has 2 aromatic rings. The van der Waals surface area contributed by atoms with Gasteiger partial charge in [-0.25, -0.2) is 4.39 Å². The summed E-state index contributed by atoms with van der Waals surface area (Å²) in [5, 5.41) is 3.34. The molecule has 0 spiro atoms. The van der Waals surface area contributed by atoms with Gasteiger partial charge in [-0.15, -0.1) is 0 Å². The third-order valence-electron chi connectivity index (χ3n) is 2.74. The topological polar surface area (TPSA) is 38.0 Å². The Morgan fingerprint density at radius 3 is 2.58 bits per heavy atom. The zero-order chi connectivity index (χ0) is 13.8. The minimum Gasteiger partial charge on any atom is -0.377 e. The number of benzene rings is 2. The van der Waals surface area contributed by atoms with Crippen molar-refractivity contribution in [1.82, 2.24) is 0 Å². The van der Waals surface area contributed by atoms with E-state index in [1.807, 2.05) is 24.3 Å². The molecule has 0 saturated carbocycles. The van der Waals surface area contributed by atoms with Crippen molar-refractivity contribution in [2.24, 2.45) is 5.73 Å². The van der Waals surface area contributed by atoms with Crippen molar-refractivity contribution < 1.29 is 4.39 Å². The summed E-state index contributed by atoms with van der Waals surface area (Å²) >= 11 is 6.80. The molecule has 2 aromatic carbocycles. The highest BCUT2D eigenvalue weighted by Gasteiger charge is 2.13. The van der Waals surface area contributed by atoms with Crippen LogP contribution in [-0.2, 0) is 0 Å². The Bertz CT molecular complexity index is 575. The van der Waals surface area contributed by atoms with E-state index in [1.165, 1.54) is 12.1 Å². The SMILES string of the molecule is NCC(Nc1cccc(Br)c1)c1ccc(F)cc1Br. The van der Waals surface area contributed by atoms with Crippen LogP contribution in [0.1, 0.15) is 11.6 Å². The van der Waals surface area contributed by atoms with Gasteiger partial charge < -0.3 is 11.1 Å². The van der Waals surface area contributed by atoms with Gasteiger partial charge in [0, 0.05) is 21.2 Å². The first-order chi connectivity index (χ1) is 9.10. The molecule has 1 atom stereocenters. The van der Waals surface area contributed by atoms with Crippen LogP contribution in [0.4, 0.5) is 10.1 Å². The zero-order valence-electron chi connectivity index (χ0n) is 10.0. The third kappa shape index (κ3) is 3.78. The molecule has 2 rings (SSSR count). The largest absolute Gasteiger partial charge is 0.377 e. The maximum absolute atomic E-state index is 13.1. The fourth-order valence-corrected chi connectivity index (χ4v) is 2.85. The number of halogens is 3. The van der Waals surface area contributed by atoms with Gasteiger partial charge in [0.2, 0.25) is 0 Å². The predicted molar refractivity (Wildman–Crippen MR) is 83.7 cm³/mol. The summed E-state index contributed by atoms with van der Waals surface area (Å²) < 4.78 is 14.8. The molecule has 0 heterocycles. The molecule has 19 heavy (non-hydrogen) atoms. The molecule has 0 saturated heterocycles. The molecule has 1 unspecified atom stereocenters. The standard InChI is InChI=1S/C14H13Br2FN2/c15-9-2-1-3-11(6-9)19-14(8-18)12-5-4-10(17)7-13(12)16/h1-7,14,19H,8,18H2. The smallest absolute Gasteiger partial charge is 0.124 e. The summed E-state index contributed by atoms with van der Waals surface area (Å²) in [6.45, 7) is 0.413. The third-order valence-corrected chi connectivity index (χ3v) is 3.92. The highest BCUT2D eigenvalue weighted by Crippen LogP contribution is 2.27. The summed E-state index contributed by atoms with van der Waals surface area (Å²) in [6, 6.07) is 12.4. The summed E-state index contributed by atoms with van der Waals surface area (Å²) in [7, 11) is 0. The summed E-state index contributed by atoms with van der Waals surface area (Å²) in [4.78, 5) is 0. The first kappa shape index (κ1) is 14.5. The van der Waals surface area contributed by atoms with E-state index < -0.39 is 0 Å². The van der Waals surface area contributed by atoms with Crippen LogP contribution in [0.15, 0.2) is 51.4 Å². The van der Waals surface area contributed by atoms with Gasteiger partial charge in [0.1, 0.15) is 5.82 Å². The van der Waals surface area contributed by atoms with E-state index in [0.29, 0.717) is 11.0 Å². The van der Waals surface area contributed by atoms with Crippen LogP contribution in [0, 0.1) is 5.82 Å². The molecule has 2 nitrogen and oxygen atoms in total. The van der Waals surface area contributed by atoms with Gasteiger partial charge in [-0.3, -0.25) is 0 Å². The normalized spacial score (nSPS) is 12.2. The van der Waals surface area contributed by atoms with Crippen molar-refractivity contribution in [3.05, 3.63) is 62.8 Å². The van der Waals surface area contributed by atoms with Gasteiger partial charge >= 0.3 is 0 Å². The maximum atomic E-state index is 13.1. The lowest BCUT2D eigenvalue weighted by Gasteiger charge is -2.20. The molecule has 0 aliphatic heterocycles. The fourth-order valence-electron chi connectivity index (χ4n) is 1.83. The Labute approximate surface area is 128 Å². The van der Waals surface area contributed by atoms with Crippen molar-refractivity contribution in [3.63, 3.8) is 0 Å². The summed E-state index contributed by atoms with van der Waals surface area (Å²) in [6.07, 6.45) is 0. The van der Waals surface area contributed by atoms with Gasteiger partial charge in [-0.2, -0.15) is 0 Å². The molecule has 0 bridgehead atoms. The van der Waals surface area contributed by atoms with Crippen LogP contribution < -0.4 is 11.1 Å². The Balaban J connectivity index is 2.25. The van der Waals surface area contributed by atoms with E-state index in [4.69, 9.17) is 5.73 Å². The van der Waals surface area contributed by atoms with Crippen molar-refractivity contribution in [1.29, 1.82) is 0 Å². The second-order valence-corrected chi connectivity index (χ2v) is 5.88. The maximum Gasteiger partial charge on any atom is 0.124 e. The minimum absolute atomic E-state index is 0.0794. The number of anilines is 1. The van der Waals surface area contributed by atoms with E-state index in [0.717, 1.165) is 15.7 Å². The molecule has 0 amide bonds. The lowest BCUT2D eigenvalue weighted by Crippen LogP contribution is -2.21. The Morgan fingerprint density at radius 1 is 1.16 bits per heavy atom. The quantitative estimate of drug-likeness (QED) is 0.812. The molecule has 0 aliphatic rings. The zero-order valence-corrected chi connectivity index (χ0v) is 13.2. The van der Waals surface area contributed by atoms with Crippen LogP contribution in [-0.4, -0.2) is 6.54 Å². The molecular weight excluding hydrogens is 375 g/mol. The number of rotatable bonds is 4. The van der Waals surface area contributed by atoms with E-state index in [2.05, 4.69) is 37.2 Å². The Hall–Kier alpha value is -0.910. The molecule has 0 radical (unpaired) electrons. The second kappa shape index (κ2) is 6.50. The molecule has 5 heteroatoms. The first-order valence-corrected chi connectivity index (χ1v) is 7.36. The highest BCUT2D eigenvalue weighted by molar-refractivity contribution is 9.10. The second-order valence-electron chi connectivity index (χ2n) is 4.11. The van der Waals surface area contributed by atoms with Crippen LogP contribution in [0.5, 0.6) is 0 Å². The Kier molecular flexibility index (Phi) is 4.96. The van der Waals surface area contributed by atoms with Crippen molar-refractivity contribution >= 4 is 37.5 Å². The van der Waals surface area contributed by atoms with Gasteiger partial charge in [0.15, 0.2) is 0 Å². The van der Waals surface area contributed by atoms with Gasteiger partial charge in [-0.1, -0.05) is 44.0 Å². The molecular formula is C14H13Br2FN2. The van der Waals surface area contributed by atoms with Crippen LogP contribution in [0.25, 0.3) is 0 Å². The average Bonchev–Trinajstić information content (AvgIpc) is 2.37. The highest BCUT2D eigenvalue weighted by atomic mass is 79.9. The monoisotopic (exact) mass is 386 g/mol. The van der Waals surface area contributed by atoms with E-state index in [9.17, 15) is 4.39 Å². The minimum atomic E-state index is -0.270. The van der Waals surface area contributed by atoms with E-state index in [-0.39, 0.29) is 11.9 Å². The van der Waals surface area contributed by atoms with Crippen LogP contribution >= 0.6 is 31.9 Å². The molecule has 0 aromatic heterocycles. The summed E-state index contributed by atoms with van der Waals surface area (Å²) in [5.41, 5.74) is 7.70. The average molecular weight is 388 g/mol. The van der Waals surface area contributed by atoms with Crippen molar-refractivity contribution in [2.75, 3.05) is 11.9 Å². The molecule has 0 aliphatic carbocycles. The van der Waals surface area contributed by atoms with Crippen LogP contribution in [0.3, 0.4) is 0 Å². The fraction of sp³-hybridized carbons (Fsp3) is 0.143. The van der Waals surface area contributed by atoms with Crippen molar-refractivity contribution in [2.45, 2.75) is 6.04 Å². The van der Waals surface area contributed by atoms with Gasteiger partial charge in [0.25, 0.3) is 0 Å². The molecule has 3 N–H and O–H groups in total. The first-order valence-electron chi connectivity index (χ1n) is 5.77. The van der Waals surface area contributed by atoms with Crippen LogP contribution in [0.2, 0.25) is 0 Å². The van der Waals surface area contributed by atoms with Gasteiger partial charge in [-0.05, 0) is 35.9 Å². The van der Waals surface area contributed by atoms with Crippen molar-refractivity contribution in [3.8, 4) is 0 Å². The number of hydrogen-bond acceptors (Lipinski definition) is 2. The lowest BCUT2D eigenvalue weighted by molar-refractivity contribution is 0.624. The number of hydrogen-bond donors (Lipinski definition) is 2. The molecule has 100 valence electrons. The predicted octanol–water partition coefficient (Wildman–Crippen LogP) is 4.46. The Morgan fingerprint density at radius 2 is 1.95 bits per heavy atom. The van der Waals surface area contributed by atoms with E-state index >= 15 is 0 Å². The summed E-state index contributed by atoms with van der Waals surface area (Å²) in [5.74, 6) is -0.270. The van der Waals surface area contributed by atoms with E-state index in [1.54, 1.807) is 6.07 Å². The van der Waals surface area contributed by atoms with Gasteiger partial charge in [0.05, 0.1) is 6.04 Å². The molecule has 0 fully saturated rings. The number of nitrogens with one attached hydrogen (secondary N) is 1. The lowest BCUT2D eigenvalue weighted by atomic mass is 10.1.